The van der Waals surface area contributed by atoms with Gasteiger partial charge in [-0.05, 0) is 37.6 Å². The highest BCUT2D eigenvalue weighted by atomic mass is 14.9. The van der Waals surface area contributed by atoms with Crippen molar-refractivity contribution in [3.05, 3.63) is 30.0 Å². The second-order valence-electron chi connectivity index (χ2n) is 4.22. The molecule has 0 amide bonds. The summed E-state index contributed by atoms with van der Waals surface area (Å²) in [6.45, 7) is 5.17. The van der Waals surface area contributed by atoms with Gasteiger partial charge in [0.1, 0.15) is 0 Å². The molecule has 1 aromatic heterocycles. The van der Waals surface area contributed by atoms with Crippen molar-refractivity contribution in [1.82, 2.24) is 4.98 Å². The van der Waals surface area contributed by atoms with Crippen molar-refractivity contribution in [1.29, 1.82) is 0 Å². The molecule has 0 atom stereocenters. The Morgan fingerprint density at radius 3 is 2.76 bits per heavy atom. The summed E-state index contributed by atoms with van der Waals surface area (Å²) in [7, 11) is 0. The number of nitrogens with zero attached hydrogens (tertiary/aromatic N) is 1. The smallest absolute Gasteiger partial charge is 0.0727 e. The summed E-state index contributed by atoms with van der Waals surface area (Å²) < 4.78 is 0. The van der Waals surface area contributed by atoms with Crippen LogP contribution < -0.4 is 11.1 Å². The van der Waals surface area contributed by atoms with E-state index in [1.165, 1.54) is 0 Å². The first kappa shape index (κ1) is 11.7. The van der Waals surface area contributed by atoms with Gasteiger partial charge in [-0.2, -0.15) is 0 Å². The molecule has 0 bridgehead atoms. The summed E-state index contributed by atoms with van der Waals surface area (Å²) in [6, 6.07) is 8.01. The Hall–Kier alpha value is -1.77. The van der Waals surface area contributed by atoms with Crippen LogP contribution in [0.25, 0.3) is 10.9 Å². The summed E-state index contributed by atoms with van der Waals surface area (Å²) in [5.41, 5.74) is 9.90. The minimum Gasteiger partial charge on any atom is -0.399 e. The lowest BCUT2D eigenvalue weighted by Crippen LogP contribution is -2.01. The Kier molecular flexibility index (Phi) is 3.47. The first-order valence-electron chi connectivity index (χ1n) is 6.17. The van der Waals surface area contributed by atoms with Crippen LogP contribution in [0.1, 0.15) is 26.0 Å². The molecule has 3 N–H and O–H groups in total. The number of anilines is 2. The van der Waals surface area contributed by atoms with Gasteiger partial charge in [-0.25, -0.2) is 0 Å². The van der Waals surface area contributed by atoms with Crippen molar-refractivity contribution < 1.29 is 0 Å². The Morgan fingerprint density at radius 1 is 1.24 bits per heavy atom. The summed E-state index contributed by atoms with van der Waals surface area (Å²) in [6.07, 6.45) is 2.12. The molecular formula is C14H19N3. The monoisotopic (exact) mass is 229 g/mol. The minimum atomic E-state index is 0.779. The van der Waals surface area contributed by atoms with Crippen molar-refractivity contribution in [2.45, 2.75) is 26.7 Å². The maximum atomic E-state index is 5.83. The Labute approximate surface area is 102 Å². The third-order valence-corrected chi connectivity index (χ3v) is 2.76. The van der Waals surface area contributed by atoms with Gasteiger partial charge >= 0.3 is 0 Å². The Morgan fingerprint density at radius 2 is 2.06 bits per heavy atom. The average Bonchev–Trinajstić information content (AvgIpc) is 2.31. The van der Waals surface area contributed by atoms with Crippen LogP contribution in [0.4, 0.5) is 11.4 Å². The van der Waals surface area contributed by atoms with Crippen LogP contribution in [0.3, 0.4) is 0 Å². The van der Waals surface area contributed by atoms with E-state index in [-0.39, 0.29) is 0 Å². The van der Waals surface area contributed by atoms with Gasteiger partial charge in [-0.3, -0.25) is 4.98 Å². The van der Waals surface area contributed by atoms with Crippen molar-refractivity contribution >= 4 is 22.3 Å². The standard InChI is InChI=1S/C14H19N3/c1-3-5-11-9-14(16-4-2)12-8-10(15)6-7-13(12)17-11/h6-9H,3-5,15H2,1-2H3,(H,16,17). The number of nitrogen functional groups attached to an aromatic ring is 1. The van der Waals surface area contributed by atoms with E-state index in [1.54, 1.807) is 0 Å². The summed E-state index contributed by atoms with van der Waals surface area (Å²) in [4.78, 5) is 4.65. The zero-order valence-corrected chi connectivity index (χ0v) is 10.5. The fourth-order valence-corrected chi connectivity index (χ4v) is 2.02. The third kappa shape index (κ3) is 2.49. The topological polar surface area (TPSA) is 50.9 Å². The molecule has 0 saturated carbocycles. The van der Waals surface area contributed by atoms with Gasteiger partial charge in [0.2, 0.25) is 0 Å². The number of pyridine rings is 1. The van der Waals surface area contributed by atoms with Crippen LogP contribution in [0.2, 0.25) is 0 Å². The molecule has 0 fully saturated rings. The molecule has 0 aliphatic rings. The maximum Gasteiger partial charge on any atom is 0.0727 e. The molecule has 1 heterocycles. The highest BCUT2D eigenvalue weighted by Gasteiger charge is 2.05. The lowest BCUT2D eigenvalue weighted by Gasteiger charge is -2.10. The lowest BCUT2D eigenvalue weighted by molar-refractivity contribution is 0.890. The lowest BCUT2D eigenvalue weighted by atomic mass is 10.1. The van der Waals surface area contributed by atoms with Crippen LogP contribution in [0, 0.1) is 0 Å². The minimum absolute atomic E-state index is 0.779. The van der Waals surface area contributed by atoms with Gasteiger partial charge in [-0.1, -0.05) is 13.3 Å². The third-order valence-electron chi connectivity index (χ3n) is 2.76. The van der Waals surface area contributed by atoms with Gasteiger partial charge in [0.25, 0.3) is 0 Å². The van der Waals surface area contributed by atoms with E-state index < -0.39 is 0 Å². The Bertz CT molecular complexity index is 520. The largest absolute Gasteiger partial charge is 0.399 e. The van der Waals surface area contributed by atoms with Gasteiger partial charge in [-0.15, -0.1) is 0 Å². The molecule has 0 spiro atoms. The molecule has 0 aliphatic heterocycles. The van der Waals surface area contributed by atoms with Gasteiger partial charge in [0, 0.05) is 29.0 Å². The fourth-order valence-electron chi connectivity index (χ4n) is 2.02. The van der Waals surface area contributed by atoms with Crippen molar-refractivity contribution in [3.8, 4) is 0 Å². The molecule has 2 rings (SSSR count). The second kappa shape index (κ2) is 5.04. The molecule has 0 saturated heterocycles. The highest BCUT2D eigenvalue weighted by molar-refractivity contribution is 5.93. The molecule has 3 heteroatoms. The van der Waals surface area contributed by atoms with Gasteiger partial charge < -0.3 is 11.1 Å². The molecule has 0 unspecified atom stereocenters. The molecule has 0 radical (unpaired) electrons. The molecular weight excluding hydrogens is 210 g/mol. The number of nitrogens with one attached hydrogen (secondary N) is 1. The number of benzene rings is 1. The maximum absolute atomic E-state index is 5.83. The predicted octanol–water partition coefficient (Wildman–Crippen LogP) is 3.20. The summed E-state index contributed by atoms with van der Waals surface area (Å²) in [5.74, 6) is 0. The molecule has 2 aromatic rings. The molecule has 1 aromatic carbocycles. The van der Waals surface area contributed by atoms with Gasteiger partial charge in [0.05, 0.1) is 5.52 Å². The van der Waals surface area contributed by atoms with E-state index in [9.17, 15) is 0 Å². The number of hydrogen-bond donors (Lipinski definition) is 2. The zero-order valence-electron chi connectivity index (χ0n) is 10.5. The Balaban J connectivity index is 2.58. The average molecular weight is 229 g/mol. The first-order chi connectivity index (χ1) is 8.24. The van der Waals surface area contributed by atoms with Gasteiger partial charge in [0.15, 0.2) is 0 Å². The molecule has 3 nitrogen and oxygen atoms in total. The number of aromatic nitrogens is 1. The van der Waals surface area contributed by atoms with E-state index >= 15 is 0 Å². The number of aryl methyl sites for hydroxylation is 1. The number of rotatable bonds is 4. The van der Waals surface area contributed by atoms with Crippen molar-refractivity contribution in [2.75, 3.05) is 17.6 Å². The number of hydrogen-bond acceptors (Lipinski definition) is 3. The number of fused-ring (bicyclic) bond motifs is 1. The first-order valence-corrected chi connectivity index (χ1v) is 6.17. The molecule has 17 heavy (non-hydrogen) atoms. The van der Waals surface area contributed by atoms with Crippen molar-refractivity contribution in [2.24, 2.45) is 0 Å². The van der Waals surface area contributed by atoms with Crippen molar-refractivity contribution in [3.63, 3.8) is 0 Å². The molecule has 90 valence electrons. The quantitative estimate of drug-likeness (QED) is 0.791. The van der Waals surface area contributed by atoms with Crippen LogP contribution in [-0.2, 0) is 6.42 Å². The van der Waals surface area contributed by atoms with E-state index in [4.69, 9.17) is 5.73 Å². The van der Waals surface area contributed by atoms with E-state index in [1.807, 2.05) is 18.2 Å². The second-order valence-corrected chi connectivity index (χ2v) is 4.22. The fraction of sp³-hybridized carbons (Fsp3) is 0.357. The summed E-state index contributed by atoms with van der Waals surface area (Å²) >= 11 is 0. The van der Waals surface area contributed by atoms with E-state index in [0.29, 0.717) is 0 Å². The number of nitrogens with two attached hydrogens (primary N) is 1. The van der Waals surface area contributed by atoms with Crippen LogP contribution >= 0.6 is 0 Å². The van der Waals surface area contributed by atoms with E-state index in [2.05, 4.69) is 30.2 Å². The highest BCUT2D eigenvalue weighted by Crippen LogP contribution is 2.25. The SMILES string of the molecule is CCCc1cc(NCC)c2cc(N)ccc2n1. The van der Waals surface area contributed by atoms with Crippen LogP contribution in [0.5, 0.6) is 0 Å². The molecule has 0 aliphatic carbocycles. The summed E-state index contributed by atoms with van der Waals surface area (Å²) in [5, 5.41) is 4.48. The normalized spacial score (nSPS) is 10.7. The predicted molar refractivity (Wildman–Crippen MR) is 74.3 cm³/mol. The van der Waals surface area contributed by atoms with Crippen LogP contribution in [-0.4, -0.2) is 11.5 Å². The van der Waals surface area contributed by atoms with Crippen LogP contribution in [0.15, 0.2) is 24.3 Å². The zero-order chi connectivity index (χ0) is 12.3. The van der Waals surface area contributed by atoms with E-state index in [0.717, 1.165) is 47.4 Å².